The van der Waals surface area contributed by atoms with Crippen LogP contribution in [0, 0.1) is 5.41 Å². The number of hydrogen-bond donors (Lipinski definition) is 0. The van der Waals surface area contributed by atoms with Crippen LogP contribution in [0.3, 0.4) is 0 Å². The van der Waals surface area contributed by atoms with Crippen LogP contribution in [0.2, 0.25) is 0 Å². The van der Waals surface area contributed by atoms with E-state index in [0.29, 0.717) is 36.5 Å². The summed E-state index contributed by atoms with van der Waals surface area (Å²) in [4.78, 5) is 24.3. The highest BCUT2D eigenvalue weighted by Crippen LogP contribution is 2.47. The Hall–Kier alpha value is -2.04. The van der Waals surface area contributed by atoms with Crippen molar-refractivity contribution < 1.29 is 23.8 Å². The Kier molecular flexibility index (Phi) is 1.68. The molecule has 0 radical (unpaired) electrons. The van der Waals surface area contributed by atoms with E-state index < -0.39 is 11.4 Å². The van der Waals surface area contributed by atoms with Crippen LogP contribution in [-0.4, -0.2) is 25.2 Å². The summed E-state index contributed by atoms with van der Waals surface area (Å²) in [6, 6.07) is 3.48. The van der Waals surface area contributed by atoms with Crippen LogP contribution in [0.5, 0.6) is 11.5 Å². The minimum absolute atomic E-state index is 0.140. The van der Waals surface area contributed by atoms with Gasteiger partial charge < -0.3 is 14.2 Å². The highest BCUT2D eigenvalue weighted by molar-refractivity contribution is 6.17. The largest absolute Gasteiger partial charge is 0.465 e. The first-order valence-electron chi connectivity index (χ1n) is 5.85. The van der Waals surface area contributed by atoms with E-state index >= 15 is 0 Å². The summed E-state index contributed by atoms with van der Waals surface area (Å²) < 4.78 is 15.5. The lowest BCUT2D eigenvalue weighted by atomic mass is 9.82. The van der Waals surface area contributed by atoms with E-state index in [1.54, 1.807) is 12.1 Å². The van der Waals surface area contributed by atoms with Gasteiger partial charge in [-0.05, 0) is 24.1 Å². The molecule has 92 valence electrons. The van der Waals surface area contributed by atoms with Crippen LogP contribution in [0.1, 0.15) is 22.3 Å². The van der Waals surface area contributed by atoms with Crippen molar-refractivity contribution in [2.75, 3.05) is 13.4 Å². The number of fused-ring (bicyclic) bond motifs is 2. The monoisotopic (exact) mass is 246 g/mol. The zero-order valence-electron chi connectivity index (χ0n) is 9.52. The summed E-state index contributed by atoms with van der Waals surface area (Å²) in [6.45, 7) is 0.505. The van der Waals surface area contributed by atoms with Crippen molar-refractivity contribution in [2.24, 2.45) is 5.41 Å². The van der Waals surface area contributed by atoms with Gasteiger partial charge in [-0.2, -0.15) is 0 Å². The van der Waals surface area contributed by atoms with Crippen molar-refractivity contribution >= 4 is 11.8 Å². The zero-order chi connectivity index (χ0) is 12.3. The summed E-state index contributed by atoms with van der Waals surface area (Å²) >= 11 is 0. The Balaban J connectivity index is 1.86. The Labute approximate surface area is 103 Å². The van der Waals surface area contributed by atoms with Gasteiger partial charge in [-0.3, -0.25) is 9.59 Å². The number of hydrogen-bond acceptors (Lipinski definition) is 5. The Morgan fingerprint density at radius 2 is 1.83 bits per heavy atom. The van der Waals surface area contributed by atoms with Crippen LogP contribution in [0.15, 0.2) is 12.1 Å². The molecule has 1 fully saturated rings. The first-order chi connectivity index (χ1) is 8.71. The third-order valence-corrected chi connectivity index (χ3v) is 3.92. The molecule has 0 bridgehead atoms. The molecule has 0 N–H and O–H groups in total. The molecule has 5 nitrogen and oxygen atoms in total. The summed E-state index contributed by atoms with van der Waals surface area (Å²) in [5.41, 5.74) is 0.429. The second kappa shape index (κ2) is 3.04. The molecule has 0 saturated carbocycles. The third kappa shape index (κ3) is 1.02. The maximum absolute atomic E-state index is 12.4. The smallest absolute Gasteiger partial charge is 0.320 e. The van der Waals surface area contributed by atoms with Crippen LogP contribution in [-0.2, 0) is 16.0 Å². The van der Waals surface area contributed by atoms with Crippen LogP contribution < -0.4 is 9.47 Å². The molecule has 2 aliphatic heterocycles. The van der Waals surface area contributed by atoms with Crippen molar-refractivity contribution in [2.45, 2.75) is 12.8 Å². The van der Waals surface area contributed by atoms with E-state index in [1.165, 1.54) is 0 Å². The maximum Gasteiger partial charge on any atom is 0.320 e. The quantitative estimate of drug-likeness (QED) is 0.506. The number of Topliss-reactive ketones (excluding diaryl/α,β-unsaturated/α-hetero) is 1. The van der Waals surface area contributed by atoms with E-state index in [9.17, 15) is 9.59 Å². The van der Waals surface area contributed by atoms with E-state index in [-0.39, 0.29) is 12.6 Å². The standard InChI is InChI=1S/C13H10O5/c14-11-8-4-10-9(17-6-18-10)3-7(8)5-13(11)1-2-16-12(13)15/h3-4H,1-2,5-6H2/t13-/m1/s1. The van der Waals surface area contributed by atoms with Gasteiger partial charge in [-0.1, -0.05) is 0 Å². The number of ether oxygens (including phenoxy) is 3. The fourth-order valence-corrected chi connectivity index (χ4v) is 2.93. The average Bonchev–Trinajstić information content (AvgIpc) is 3.01. The number of benzene rings is 1. The number of carbonyl (C=O) groups is 2. The van der Waals surface area contributed by atoms with Gasteiger partial charge in [0.2, 0.25) is 6.79 Å². The van der Waals surface area contributed by atoms with Crippen molar-refractivity contribution in [3.8, 4) is 11.5 Å². The first-order valence-corrected chi connectivity index (χ1v) is 5.85. The number of rotatable bonds is 0. The lowest BCUT2D eigenvalue weighted by Gasteiger charge is -2.14. The van der Waals surface area contributed by atoms with E-state index in [0.717, 1.165) is 5.56 Å². The van der Waals surface area contributed by atoms with Gasteiger partial charge in [-0.15, -0.1) is 0 Å². The predicted molar refractivity (Wildman–Crippen MR) is 58.6 cm³/mol. The third-order valence-electron chi connectivity index (χ3n) is 3.92. The molecule has 3 aliphatic rings. The van der Waals surface area contributed by atoms with E-state index in [2.05, 4.69) is 0 Å². The second-order valence-corrected chi connectivity index (χ2v) is 4.84. The molecule has 1 saturated heterocycles. The molecule has 1 aliphatic carbocycles. The summed E-state index contributed by atoms with van der Waals surface area (Å²) in [7, 11) is 0. The lowest BCUT2D eigenvalue weighted by Crippen LogP contribution is -2.32. The molecule has 2 heterocycles. The fourth-order valence-electron chi connectivity index (χ4n) is 2.93. The van der Waals surface area contributed by atoms with E-state index in [4.69, 9.17) is 14.2 Å². The second-order valence-electron chi connectivity index (χ2n) is 4.84. The topological polar surface area (TPSA) is 61.8 Å². The van der Waals surface area contributed by atoms with Crippen molar-refractivity contribution in [1.82, 2.24) is 0 Å². The van der Waals surface area contributed by atoms with Crippen LogP contribution >= 0.6 is 0 Å². The number of carbonyl (C=O) groups excluding carboxylic acids is 2. The molecule has 1 aromatic rings. The van der Waals surface area contributed by atoms with Crippen molar-refractivity contribution in [3.63, 3.8) is 0 Å². The van der Waals surface area contributed by atoms with Gasteiger partial charge in [0.15, 0.2) is 17.3 Å². The van der Waals surface area contributed by atoms with E-state index in [1.807, 2.05) is 0 Å². The summed E-state index contributed by atoms with van der Waals surface area (Å²) in [5.74, 6) is 0.680. The molecule has 0 unspecified atom stereocenters. The van der Waals surface area contributed by atoms with Crippen molar-refractivity contribution in [1.29, 1.82) is 0 Å². The molecule has 5 heteroatoms. The first kappa shape index (κ1) is 9.94. The fraction of sp³-hybridized carbons (Fsp3) is 0.385. The molecular formula is C13H10O5. The Bertz CT molecular complexity index is 591. The van der Waals surface area contributed by atoms with Crippen molar-refractivity contribution in [3.05, 3.63) is 23.3 Å². The van der Waals surface area contributed by atoms with Crippen LogP contribution in [0.25, 0.3) is 0 Å². The minimum atomic E-state index is -0.989. The summed E-state index contributed by atoms with van der Waals surface area (Å²) in [6.07, 6.45) is 0.877. The number of cyclic esters (lactones) is 1. The van der Waals surface area contributed by atoms with Gasteiger partial charge >= 0.3 is 5.97 Å². The molecule has 4 rings (SSSR count). The molecule has 1 atom stereocenters. The Morgan fingerprint density at radius 3 is 2.56 bits per heavy atom. The molecule has 18 heavy (non-hydrogen) atoms. The minimum Gasteiger partial charge on any atom is -0.465 e. The van der Waals surface area contributed by atoms with Gasteiger partial charge in [-0.25, -0.2) is 0 Å². The Morgan fingerprint density at radius 1 is 1.06 bits per heavy atom. The zero-order valence-corrected chi connectivity index (χ0v) is 9.52. The van der Waals surface area contributed by atoms with Gasteiger partial charge in [0, 0.05) is 12.0 Å². The highest BCUT2D eigenvalue weighted by Gasteiger charge is 2.55. The molecule has 1 aromatic carbocycles. The molecule has 1 spiro atoms. The van der Waals surface area contributed by atoms with Gasteiger partial charge in [0.1, 0.15) is 5.41 Å². The summed E-state index contributed by atoms with van der Waals surface area (Å²) in [5, 5.41) is 0. The SMILES string of the molecule is O=C1OCC[C@]12Cc1cc3c(cc1C2=O)OCO3. The molecule has 0 amide bonds. The predicted octanol–water partition coefficient (Wildman–Crippen LogP) is 1.09. The normalized spacial score (nSPS) is 27.8. The molecular weight excluding hydrogens is 236 g/mol. The van der Waals surface area contributed by atoms with Gasteiger partial charge in [0.25, 0.3) is 0 Å². The lowest BCUT2D eigenvalue weighted by molar-refractivity contribution is -0.143. The van der Waals surface area contributed by atoms with Crippen LogP contribution in [0.4, 0.5) is 0 Å². The van der Waals surface area contributed by atoms with Gasteiger partial charge in [0.05, 0.1) is 6.61 Å². The number of esters is 1. The number of ketones is 1. The highest BCUT2D eigenvalue weighted by atomic mass is 16.7. The molecule has 0 aromatic heterocycles. The average molecular weight is 246 g/mol. The maximum atomic E-state index is 12.4.